The average Bonchev–Trinajstić information content (AvgIpc) is 3.12. The van der Waals surface area contributed by atoms with E-state index in [1.807, 2.05) is 5.32 Å². The monoisotopic (exact) mass is 450 g/mol. The number of aromatic nitrogens is 3. The molecule has 0 aromatic carbocycles. The molecule has 0 saturated carbocycles. The summed E-state index contributed by atoms with van der Waals surface area (Å²) in [5.74, 6) is -1.07. The molecule has 32 heavy (non-hydrogen) atoms. The van der Waals surface area contributed by atoms with Gasteiger partial charge in [0.05, 0.1) is 17.6 Å². The summed E-state index contributed by atoms with van der Waals surface area (Å²) in [6, 6.07) is 2.40. The van der Waals surface area contributed by atoms with Gasteiger partial charge in [-0.05, 0) is 18.1 Å². The van der Waals surface area contributed by atoms with Crippen molar-refractivity contribution in [3.63, 3.8) is 0 Å². The SMILES string of the molecule is CC(C)C(Nc1cncc(-c2c[nH]c3ncc(NC(=O)O)cc23)c1)C(=O)NCC(F)(F)F. The summed E-state index contributed by atoms with van der Waals surface area (Å²) in [5.41, 5.74) is 2.56. The van der Waals surface area contributed by atoms with Crippen LogP contribution in [-0.2, 0) is 4.79 Å². The van der Waals surface area contributed by atoms with Crippen LogP contribution in [0.5, 0.6) is 0 Å². The van der Waals surface area contributed by atoms with Crippen molar-refractivity contribution < 1.29 is 27.9 Å². The van der Waals surface area contributed by atoms with Crippen LogP contribution in [0.15, 0.2) is 36.9 Å². The molecule has 0 saturated heterocycles. The van der Waals surface area contributed by atoms with Crippen LogP contribution in [0.4, 0.5) is 29.3 Å². The van der Waals surface area contributed by atoms with Gasteiger partial charge in [0.25, 0.3) is 0 Å². The van der Waals surface area contributed by atoms with Crippen molar-refractivity contribution >= 4 is 34.4 Å². The lowest BCUT2D eigenvalue weighted by molar-refractivity contribution is -0.139. The minimum Gasteiger partial charge on any atom is -0.465 e. The summed E-state index contributed by atoms with van der Waals surface area (Å²) in [6.07, 6.45) is 0.356. The Balaban J connectivity index is 1.86. The standard InChI is InChI=1S/C20H21F3N6O3/c1-10(2)16(18(30)27-9-20(21,22)23)28-12-3-11(5-24-6-12)15-8-26-17-14(15)4-13(7-25-17)29-19(31)32/h3-8,10,16,28-29H,9H2,1-2H3,(H,25,26)(H,27,30)(H,31,32). The van der Waals surface area contributed by atoms with Crippen LogP contribution in [0.2, 0.25) is 0 Å². The number of rotatable bonds is 7. The number of halogens is 3. The highest BCUT2D eigenvalue weighted by molar-refractivity contribution is 5.97. The van der Waals surface area contributed by atoms with E-state index in [4.69, 9.17) is 5.11 Å². The van der Waals surface area contributed by atoms with Crippen LogP contribution < -0.4 is 16.0 Å². The molecule has 170 valence electrons. The van der Waals surface area contributed by atoms with Crippen molar-refractivity contribution in [2.24, 2.45) is 5.92 Å². The minimum absolute atomic E-state index is 0.286. The Morgan fingerprint density at radius 1 is 1.16 bits per heavy atom. The maximum Gasteiger partial charge on any atom is 0.409 e. The number of hydrogen-bond acceptors (Lipinski definition) is 5. The second-order valence-electron chi connectivity index (χ2n) is 7.41. The lowest BCUT2D eigenvalue weighted by Gasteiger charge is -2.23. The second kappa shape index (κ2) is 9.12. The number of hydrogen-bond donors (Lipinski definition) is 5. The molecule has 0 fully saturated rings. The van der Waals surface area contributed by atoms with Crippen molar-refractivity contribution in [1.82, 2.24) is 20.3 Å². The fourth-order valence-corrected chi connectivity index (χ4v) is 3.11. The number of carboxylic acid groups (broad SMARTS) is 1. The Bertz CT molecular complexity index is 1130. The number of pyridine rings is 2. The number of anilines is 2. The normalized spacial score (nSPS) is 12.6. The Hall–Kier alpha value is -3.83. The molecule has 0 aliphatic rings. The van der Waals surface area contributed by atoms with E-state index in [1.54, 1.807) is 38.4 Å². The first-order chi connectivity index (χ1) is 15.0. The van der Waals surface area contributed by atoms with E-state index >= 15 is 0 Å². The zero-order valence-electron chi connectivity index (χ0n) is 17.1. The highest BCUT2D eigenvalue weighted by atomic mass is 19.4. The van der Waals surface area contributed by atoms with Gasteiger partial charge in [-0.3, -0.25) is 15.1 Å². The van der Waals surface area contributed by atoms with Crippen molar-refractivity contribution in [3.8, 4) is 11.1 Å². The molecule has 0 aliphatic carbocycles. The maximum absolute atomic E-state index is 12.5. The van der Waals surface area contributed by atoms with Gasteiger partial charge in [0, 0.05) is 35.1 Å². The number of carbonyl (C=O) groups excluding carboxylic acids is 1. The summed E-state index contributed by atoms with van der Waals surface area (Å²) in [4.78, 5) is 34.5. The lowest BCUT2D eigenvalue weighted by atomic mass is 10.0. The van der Waals surface area contributed by atoms with E-state index in [9.17, 15) is 22.8 Å². The molecule has 0 spiro atoms. The first kappa shape index (κ1) is 22.8. The largest absolute Gasteiger partial charge is 0.465 e. The highest BCUT2D eigenvalue weighted by Gasteiger charge is 2.30. The first-order valence-electron chi connectivity index (χ1n) is 9.57. The Kier molecular flexibility index (Phi) is 6.51. The number of aromatic amines is 1. The number of H-pyrrole nitrogens is 1. The fourth-order valence-electron chi connectivity index (χ4n) is 3.11. The van der Waals surface area contributed by atoms with Crippen LogP contribution in [-0.4, -0.2) is 50.8 Å². The van der Waals surface area contributed by atoms with Crippen LogP contribution in [0, 0.1) is 5.92 Å². The molecule has 1 atom stereocenters. The maximum atomic E-state index is 12.5. The van der Waals surface area contributed by atoms with E-state index in [0.29, 0.717) is 27.8 Å². The summed E-state index contributed by atoms with van der Waals surface area (Å²) < 4.78 is 37.4. The van der Waals surface area contributed by atoms with Crippen LogP contribution >= 0.6 is 0 Å². The fraction of sp³-hybridized carbons (Fsp3) is 0.300. The molecule has 3 rings (SSSR count). The minimum atomic E-state index is -4.50. The smallest absolute Gasteiger partial charge is 0.409 e. The van der Waals surface area contributed by atoms with E-state index < -0.39 is 30.8 Å². The predicted molar refractivity (Wildman–Crippen MR) is 112 cm³/mol. The first-order valence-corrected chi connectivity index (χ1v) is 9.57. The third kappa shape index (κ3) is 5.65. The number of carbonyl (C=O) groups is 2. The Morgan fingerprint density at radius 3 is 2.56 bits per heavy atom. The molecule has 0 bridgehead atoms. The highest BCUT2D eigenvalue weighted by Crippen LogP contribution is 2.30. The van der Waals surface area contributed by atoms with E-state index in [0.717, 1.165) is 0 Å². The van der Waals surface area contributed by atoms with Crippen molar-refractivity contribution in [2.75, 3.05) is 17.2 Å². The molecule has 12 heteroatoms. The quantitative estimate of drug-likeness (QED) is 0.372. The van der Waals surface area contributed by atoms with Crippen molar-refractivity contribution in [3.05, 3.63) is 36.9 Å². The molecule has 0 radical (unpaired) electrons. The van der Waals surface area contributed by atoms with Gasteiger partial charge in [0.2, 0.25) is 5.91 Å². The molecular weight excluding hydrogens is 429 g/mol. The zero-order valence-corrected chi connectivity index (χ0v) is 17.1. The number of alkyl halides is 3. The number of nitrogens with zero attached hydrogens (tertiary/aromatic N) is 2. The van der Waals surface area contributed by atoms with Crippen LogP contribution in [0.3, 0.4) is 0 Å². The average molecular weight is 450 g/mol. The Morgan fingerprint density at radius 2 is 1.91 bits per heavy atom. The molecule has 2 amide bonds. The topological polar surface area (TPSA) is 132 Å². The van der Waals surface area contributed by atoms with Crippen LogP contribution in [0.25, 0.3) is 22.2 Å². The van der Waals surface area contributed by atoms with Gasteiger partial charge in [-0.15, -0.1) is 0 Å². The lowest BCUT2D eigenvalue weighted by Crippen LogP contribution is -2.46. The van der Waals surface area contributed by atoms with Crippen molar-refractivity contribution in [1.29, 1.82) is 0 Å². The van der Waals surface area contributed by atoms with E-state index in [-0.39, 0.29) is 11.6 Å². The molecule has 1 unspecified atom stereocenters. The van der Waals surface area contributed by atoms with Gasteiger partial charge in [-0.1, -0.05) is 13.8 Å². The predicted octanol–water partition coefficient (Wildman–Crippen LogP) is 3.83. The molecular formula is C20H21F3N6O3. The number of fused-ring (bicyclic) bond motifs is 1. The van der Waals surface area contributed by atoms with Gasteiger partial charge in [0.15, 0.2) is 0 Å². The van der Waals surface area contributed by atoms with Gasteiger partial charge in [-0.25, -0.2) is 9.78 Å². The van der Waals surface area contributed by atoms with Gasteiger partial charge < -0.3 is 20.7 Å². The zero-order chi connectivity index (χ0) is 23.5. The molecule has 9 nitrogen and oxygen atoms in total. The van der Waals surface area contributed by atoms with Gasteiger partial charge in [0.1, 0.15) is 18.2 Å². The second-order valence-corrected chi connectivity index (χ2v) is 7.41. The molecule has 5 N–H and O–H groups in total. The third-order valence-electron chi connectivity index (χ3n) is 4.57. The molecule has 3 aromatic rings. The van der Waals surface area contributed by atoms with Crippen LogP contribution in [0.1, 0.15) is 13.8 Å². The summed E-state index contributed by atoms with van der Waals surface area (Å²) in [7, 11) is 0. The third-order valence-corrected chi connectivity index (χ3v) is 4.57. The van der Waals surface area contributed by atoms with Crippen molar-refractivity contribution in [2.45, 2.75) is 26.1 Å². The van der Waals surface area contributed by atoms with Gasteiger partial charge >= 0.3 is 12.3 Å². The molecule has 3 aromatic heterocycles. The molecule has 0 aliphatic heterocycles. The van der Waals surface area contributed by atoms with E-state index in [2.05, 4.69) is 25.6 Å². The summed E-state index contributed by atoms with van der Waals surface area (Å²) in [6.45, 7) is 2.01. The number of amides is 2. The summed E-state index contributed by atoms with van der Waals surface area (Å²) in [5, 5.41) is 16.6. The molecule has 3 heterocycles. The Labute approximate surface area is 180 Å². The van der Waals surface area contributed by atoms with Gasteiger partial charge in [-0.2, -0.15) is 13.2 Å². The summed E-state index contributed by atoms with van der Waals surface area (Å²) >= 11 is 0. The number of nitrogens with one attached hydrogen (secondary N) is 4. The van der Waals surface area contributed by atoms with E-state index in [1.165, 1.54) is 12.4 Å².